The summed E-state index contributed by atoms with van der Waals surface area (Å²) in [6.45, 7) is 5.42. The van der Waals surface area contributed by atoms with Crippen molar-refractivity contribution >= 4 is 16.1 Å². The average molecular weight is 288 g/mol. The second kappa shape index (κ2) is 5.98. The first-order valence-electron chi connectivity index (χ1n) is 6.17. The first-order valence-corrected chi connectivity index (χ1v) is 7.66. The molecule has 104 valence electrons. The summed E-state index contributed by atoms with van der Waals surface area (Å²) in [7, 11) is -3.54. The highest BCUT2D eigenvalue weighted by Crippen LogP contribution is 2.16. The van der Waals surface area contributed by atoms with E-state index in [0.717, 1.165) is 11.1 Å². The molecule has 1 aromatic carbocycles. The van der Waals surface area contributed by atoms with Gasteiger partial charge in [-0.05, 0) is 36.2 Å². The highest BCUT2D eigenvalue weighted by Gasteiger charge is 2.18. The number of nitrogens with zero attached hydrogens (tertiary/aromatic N) is 1. The number of nitrogens with one attached hydrogen (secondary N) is 1. The minimum atomic E-state index is -3.54. The molecule has 0 aliphatic carbocycles. The van der Waals surface area contributed by atoms with Crippen molar-refractivity contribution in [1.82, 2.24) is 9.71 Å². The predicted molar refractivity (Wildman–Crippen MR) is 79.5 cm³/mol. The fourth-order valence-electron chi connectivity index (χ4n) is 1.78. The highest BCUT2D eigenvalue weighted by molar-refractivity contribution is 7.89. The minimum absolute atomic E-state index is 0.235. The van der Waals surface area contributed by atoms with Crippen molar-refractivity contribution in [2.45, 2.75) is 17.9 Å². The van der Waals surface area contributed by atoms with Gasteiger partial charge in [0.1, 0.15) is 0 Å². The van der Waals surface area contributed by atoms with Gasteiger partial charge in [0.2, 0.25) is 10.0 Å². The van der Waals surface area contributed by atoms with E-state index in [-0.39, 0.29) is 10.9 Å². The van der Waals surface area contributed by atoms with Crippen LogP contribution in [0, 0.1) is 0 Å². The zero-order valence-corrected chi connectivity index (χ0v) is 12.0. The van der Waals surface area contributed by atoms with E-state index < -0.39 is 10.0 Å². The number of rotatable bonds is 5. The lowest BCUT2D eigenvalue weighted by atomic mass is 10.2. The number of hydrogen-bond acceptors (Lipinski definition) is 3. The van der Waals surface area contributed by atoms with Crippen LogP contribution in [-0.4, -0.2) is 13.4 Å². The lowest BCUT2D eigenvalue weighted by Crippen LogP contribution is -2.26. The molecule has 1 heterocycles. The molecule has 0 saturated carbocycles. The third kappa shape index (κ3) is 3.31. The third-order valence-corrected chi connectivity index (χ3v) is 4.50. The standard InChI is InChI=1S/C15H16N2O2S/c1-3-13-6-8-15(9-7-13)20(18,19)17-12(2)14-5-4-10-16-11-14/h3-12,17H,1H2,2H3. The molecule has 0 aliphatic heterocycles. The van der Waals surface area contributed by atoms with E-state index in [1.807, 2.05) is 6.07 Å². The van der Waals surface area contributed by atoms with Crippen LogP contribution < -0.4 is 4.72 Å². The van der Waals surface area contributed by atoms with Gasteiger partial charge >= 0.3 is 0 Å². The summed E-state index contributed by atoms with van der Waals surface area (Å²) in [6.07, 6.45) is 4.97. The second-order valence-electron chi connectivity index (χ2n) is 4.40. The first kappa shape index (κ1) is 14.4. The molecule has 0 radical (unpaired) electrons. The van der Waals surface area contributed by atoms with Crippen molar-refractivity contribution in [2.75, 3.05) is 0 Å². The van der Waals surface area contributed by atoms with Crippen molar-refractivity contribution in [3.05, 3.63) is 66.5 Å². The number of hydrogen-bond donors (Lipinski definition) is 1. The maximum absolute atomic E-state index is 12.3. The van der Waals surface area contributed by atoms with E-state index in [2.05, 4.69) is 16.3 Å². The minimum Gasteiger partial charge on any atom is -0.264 e. The van der Waals surface area contributed by atoms with Gasteiger partial charge in [0.05, 0.1) is 4.90 Å². The van der Waals surface area contributed by atoms with Crippen LogP contribution in [0.15, 0.2) is 60.3 Å². The fourth-order valence-corrected chi connectivity index (χ4v) is 3.02. The van der Waals surface area contributed by atoms with Gasteiger partial charge in [0.25, 0.3) is 0 Å². The van der Waals surface area contributed by atoms with Gasteiger partial charge in [0, 0.05) is 18.4 Å². The van der Waals surface area contributed by atoms with Gasteiger partial charge in [-0.15, -0.1) is 0 Å². The van der Waals surface area contributed by atoms with Crippen molar-refractivity contribution in [3.8, 4) is 0 Å². The molecule has 0 amide bonds. The van der Waals surface area contributed by atoms with E-state index >= 15 is 0 Å². The zero-order chi connectivity index (χ0) is 14.6. The summed E-state index contributed by atoms with van der Waals surface area (Å²) in [5.41, 5.74) is 1.70. The summed E-state index contributed by atoms with van der Waals surface area (Å²) in [5, 5.41) is 0. The Hall–Kier alpha value is -1.98. The lowest BCUT2D eigenvalue weighted by molar-refractivity contribution is 0.566. The SMILES string of the molecule is C=Cc1ccc(S(=O)(=O)NC(C)c2cccnc2)cc1. The quantitative estimate of drug-likeness (QED) is 0.920. The Labute approximate surface area is 119 Å². The van der Waals surface area contributed by atoms with Crippen molar-refractivity contribution in [2.24, 2.45) is 0 Å². The molecule has 4 nitrogen and oxygen atoms in total. The molecule has 2 aromatic rings. The van der Waals surface area contributed by atoms with E-state index in [4.69, 9.17) is 0 Å². The molecule has 20 heavy (non-hydrogen) atoms. The third-order valence-electron chi connectivity index (χ3n) is 2.94. The molecular weight excluding hydrogens is 272 g/mol. The van der Waals surface area contributed by atoms with Crippen molar-refractivity contribution in [1.29, 1.82) is 0 Å². The Morgan fingerprint density at radius 1 is 1.25 bits per heavy atom. The summed E-state index contributed by atoms with van der Waals surface area (Å²) < 4.78 is 27.1. The molecule has 0 aliphatic rings. The molecule has 1 aromatic heterocycles. The molecule has 1 atom stereocenters. The monoisotopic (exact) mass is 288 g/mol. The van der Waals surface area contributed by atoms with Gasteiger partial charge < -0.3 is 0 Å². The summed E-state index contributed by atoms with van der Waals surface area (Å²) in [6, 6.07) is 9.84. The van der Waals surface area contributed by atoms with E-state index in [1.54, 1.807) is 55.7 Å². The van der Waals surface area contributed by atoms with Crippen LogP contribution in [0.2, 0.25) is 0 Å². The Morgan fingerprint density at radius 2 is 1.95 bits per heavy atom. The number of aromatic nitrogens is 1. The van der Waals surface area contributed by atoms with Crippen molar-refractivity contribution in [3.63, 3.8) is 0 Å². The Bertz CT molecular complexity index is 680. The average Bonchev–Trinajstić information content (AvgIpc) is 2.48. The molecule has 0 bridgehead atoms. The Balaban J connectivity index is 2.20. The molecular formula is C15H16N2O2S. The number of benzene rings is 1. The van der Waals surface area contributed by atoms with Crippen molar-refractivity contribution < 1.29 is 8.42 Å². The molecule has 2 rings (SSSR count). The second-order valence-corrected chi connectivity index (χ2v) is 6.12. The first-order chi connectivity index (χ1) is 9.53. The fraction of sp³-hybridized carbons (Fsp3) is 0.133. The van der Waals surface area contributed by atoms with Crippen LogP contribution in [0.25, 0.3) is 6.08 Å². The van der Waals surface area contributed by atoms with Crippen LogP contribution in [0.5, 0.6) is 0 Å². The van der Waals surface area contributed by atoms with Gasteiger partial charge in [-0.3, -0.25) is 4.98 Å². The highest BCUT2D eigenvalue weighted by atomic mass is 32.2. The van der Waals surface area contributed by atoms with Gasteiger partial charge in [-0.2, -0.15) is 0 Å². The Morgan fingerprint density at radius 3 is 2.50 bits per heavy atom. The van der Waals surface area contributed by atoms with Crippen LogP contribution in [0.4, 0.5) is 0 Å². The predicted octanol–water partition coefficient (Wildman–Crippen LogP) is 2.76. The summed E-state index contributed by atoms with van der Waals surface area (Å²) >= 11 is 0. The summed E-state index contributed by atoms with van der Waals surface area (Å²) in [4.78, 5) is 4.22. The van der Waals surface area contributed by atoms with Crippen LogP contribution in [0.3, 0.4) is 0 Å². The molecule has 0 spiro atoms. The van der Waals surface area contributed by atoms with E-state index in [0.29, 0.717) is 0 Å². The number of sulfonamides is 1. The number of pyridine rings is 1. The van der Waals surface area contributed by atoms with E-state index in [9.17, 15) is 8.42 Å². The Kier molecular flexibility index (Phi) is 4.32. The van der Waals surface area contributed by atoms with Crippen LogP contribution in [0.1, 0.15) is 24.1 Å². The summed E-state index contributed by atoms with van der Waals surface area (Å²) in [5.74, 6) is 0. The van der Waals surface area contributed by atoms with E-state index in [1.165, 1.54) is 0 Å². The van der Waals surface area contributed by atoms with Crippen LogP contribution in [-0.2, 0) is 10.0 Å². The molecule has 1 unspecified atom stereocenters. The maximum Gasteiger partial charge on any atom is 0.241 e. The van der Waals surface area contributed by atoms with Gasteiger partial charge in [-0.1, -0.05) is 30.9 Å². The van der Waals surface area contributed by atoms with Crippen LogP contribution >= 0.6 is 0 Å². The molecule has 1 N–H and O–H groups in total. The molecule has 5 heteroatoms. The normalized spacial score (nSPS) is 12.8. The smallest absolute Gasteiger partial charge is 0.241 e. The largest absolute Gasteiger partial charge is 0.264 e. The molecule has 0 saturated heterocycles. The van der Waals surface area contributed by atoms with Gasteiger partial charge in [-0.25, -0.2) is 13.1 Å². The topological polar surface area (TPSA) is 59.1 Å². The zero-order valence-electron chi connectivity index (χ0n) is 11.2. The molecule has 0 fully saturated rings. The maximum atomic E-state index is 12.3. The lowest BCUT2D eigenvalue weighted by Gasteiger charge is -2.14. The van der Waals surface area contributed by atoms with Gasteiger partial charge in [0.15, 0.2) is 0 Å².